The van der Waals surface area contributed by atoms with Crippen molar-refractivity contribution in [2.45, 2.75) is 13.8 Å². The lowest BCUT2D eigenvalue weighted by Crippen LogP contribution is -2.28. The zero-order chi connectivity index (χ0) is 23.5. The molecule has 7 nitrogen and oxygen atoms in total. The summed E-state index contributed by atoms with van der Waals surface area (Å²) in [6, 6.07) is 18.4. The summed E-state index contributed by atoms with van der Waals surface area (Å²) in [5.74, 6) is -0.881. The maximum Gasteiger partial charge on any atom is 0.356 e. The van der Waals surface area contributed by atoms with Gasteiger partial charge in [0.2, 0.25) is 0 Å². The quantitative estimate of drug-likeness (QED) is 0.473. The molecule has 0 fully saturated rings. The van der Waals surface area contributed by atoms with Crippen LogP contribution in [0.3, 0.4) is 0 Å². The molecule has 0 aliphatic carbocycles. The second-order valence-electron chi connectivity index (χ2n) is 7.79. The predicted molar refractivity (Wildman–Crippen MR) is 127 cm³/mol. The summed E-state index contributed by atoms with van der Waals surface area (Å²) >= 11 is 0. The van der Waals surface area contributed by atoms with E-state index in [9.17, 15) is 14.4 Å². The highest BCUT2D eigenvalue weighted by molar-refractivity contribution is 6.07. The van der Waals surface area contributed by atoms with Gasteiger partial charge in [0.15, 0.2) is 6.61 Å². The van der Waals surface area contributed by atoms with Gasteiger partial charge in [0.1, 0.15) is 11.5 Å². The molecule has 2 aromatic heterocycles. The summed E-state index contributed by atoms with van der Waals surface area (Å²) < 4.78 is 6.61. The molecule has 0 bridgehead atoms. The SMILES string of the molecule is Cc1ccc(-c2c(C(=O)OCC(=O)Nc3ncccc3C)n(C)c(=O)c3ccccc23)cc1. The van der Waals surface area contributed by atoms with Gasteiger partial charge in [0.05, 0.1) is 0 Å². The minimum atomic E-state index is -0.760. The first kappa shape index (κ1) is 22.0. The topological polar surface area (TPSA) is 90.3 Å². The zero-order valence-corrected chi connectivity index (χ0v) is 18.6. The molecule has 0 atom stereocenters. The fourth-order valence-electron chi connectivity index (χ4n) is 3.70. The number of hydrogen-bond acceptors (Lipinski definition) is 5. The summed E-state index contributed by atoms with van der Waals surface area (Å²) in [6.07, 6.45) is 1.56. The zero-order valence-electron chi connectivity index (χ0n) is 18.6. The van der Waals surface area contributed by atoms with E-state index in [0.717, 1.165) is 16.7 Å². The van der Waals surface area contributed by atoms with Crippen molar-refractivity contribution in [1.29, 1.82) is 0 Å². The number of pyridine rings is 2. The fourth-order valence-corrected chi connectivity index (χ4v) is 3.70. The van der Waals surface area contributed by atoms with Gasteiger partial charge in [-0.15, -0.1) is 0 Å². The number of carbonyl (C=O) groups excluding carboxylic acids is 2. The first-order valence-electron chi connectivity index (χ1n) is 10.4. The molecule has 1 amide bonds. The fraction of sp³-hybridized carbons (Fsp3) is 0.154. The van der Waals surface area contributed by atoms with Crippen LogP contribution in [-0.2, 0) is 16.6 Å². The smallest absolute Gasteiger partial charge is 0.356 e. The van der Waals surface area contributed by atoms with Gasteiger partial charge in [-0.05, 0) is 42.5 Å². The Morgan fingerprint density at radius 3 is 2.36 bits per heavy atom. The van der Waals surface area contributed by atoms with Crippen molar-refractivity contribution in [3.05, 3.63) is 94.0 Å². The molecule has 4 aromatic rings. The van der Waals surface area contributed by atoms with Crippen LogP contribution in [0.2, 0.25) is 0 Å². The molecule has 7 heteroatoms. The Kier molecular flexibility index (Phi) is 6.04. The Morgan fingerprint density at radius 2 is 1.67 bits per heavy atom. The molecule has 0 aliphatic rings. The normalized spacial score (nSPS) is 10.8. The molecule has 0 saturated carbocycles. The second-order valence-corrected chi connectivity index (χ2v) is 7.79. The average molecular weight is 441 g/mol. The number of rotatable bonds is 5. The number of hydrogen-bond donors (Lipinski definition) is 1. The van der Waals surface area contributed by atoms with Crippen molar-refractivity contribution in [2.75, 3.05) is 11.9 Å². The van der Waals surface area contributed by atoms with E-state index >= 15 is 0 Å². The highest BCUT2D eigenvalue weighted by Crippen LogP contribution is 2.31. The standard InChI is InChI=1S/C26H23N3O4/c1-16-10-12-18(13-11-16)22-19-8-4-5-9-20(19)25(31)29(3)23(22)26(32)33-15-21(30)28-24-17(2)7-6-14-27-24/h4-14H,15H2,1-3H3,(H,27,28,30). The number of nitrogens with zero attached hydrogens (tertiary/aromatic N) is 2. The number of carbonyl (C=O) groups is 2. The van der Waals surface area contributed by atoms with Gasteiger partial charge in [-0.2, -0.15) is 0 Å². The number of amides is 1. The minimum absolute atomic E-state index is 0.0874. The third-order valence-electron chi connectivity index (χ3n) is 5.44. The second kappa shape index (κ2) is 9.08. The van der Waals surface area contributed by atoms with E-state index in [2.05, 4.69) is 10.3 Å². The molecule has 2 aromatic carbocycles. The Labute approximate surface area is 190 Å². The molecule has 0 spiro atoms. The lowest BCUT2D eigenvalue weighted by molar-refractivity contribution is -0.119. The van der Waals surface area contributed by atoms with Gasteiger partial charge < -0.3 is 14.6 Å². The third-order valence-corrected chi connectivity index (χ3v) is 5.44. The van der Waals surface area contributed by atoms with Crippen LogP contribution in [0.15, 0.2) is 71.7 Å². The third kappa shape index (κ3) is 4.39. The number of esters is 1. The van der Waals surface area contributed by atoms with Crippen molar-refractivity contribution in [1.82, 2.24) is 9.55 Å². The lowest BCUT2D eigenvalue weighted by Gasteiger charge is -2.17. The highest BCUT2D eigenvalue weighted by Gasteiger charge is 2.23. The van der Waals surface area contributed by atoms with Crippen LogP contribution in [0.5, 0.6) is 0 Å². The summed E-state index contributed by atoms with van der Waals surface area (Å²) in [6.45, 7) is 3.27. The van der Waals surface area contributed by atoms with E-state index in [4.69, 9.17) is 4.74 Å². The average Bonchev–Trinajstić information content (AvgIpc) is 2.82. The van der Waals surface area contributed by atoms with Crippen molar-refractivity contribution in [3.63, 3.8) is 0 Å². The predicted octanol–water partition coefficient (Wildman–Crippen LogP) is 4.01. The van der Waals surface area contributed by atoms with Gasteiger partial charge in [-0.25, -0.2) is 9.78 Å². The Balaban J connectivity index is 1.71. The van der Waals surface area contributed by atoms with Gasteiger partial charge in [0.25, 0.3) is 11.5 Å². The van der Waals surface area contributed by atoms with E-state index in [1.807, 2.05) is 50.2 Å². The van der Waals surface area contributed by atoms with Crippen LogP contribution in [-0.4, -0.2) is 28.0 Å². The van der Waals surface area contributed by atoms with Crippen LogP contribution in [0.1, 0.15) is 21.6 Å². The van der Waals surface area contributed by atoms with Crippen molar-refractivity contribution in [2.24, 2.45) is 7.05 Å². The molecule has 0 unspecified atom stereocenters. The van der Waals surface area contributed by atoms with E-state index in [1.165, 1.54) is 11.6 Å². The molecule has 0 saturated heterocycles. The Bertz CT molecular complexity index is 1420. The monoisotopic (exact) mass is 441 g/mol. The van der Waals surface area contributed by atoms with Crippen molar-refractivity contribution >= 4 is 28.5 Å². The molecule has 166 valence electrons. The van der Waals surface area contributed by atoms with Gasteiger partial charge in [0, 0.05) is 24.2 Å². The summed E-state index contributed by atoms with van der Waals surface area (Å²) in [7, 11) is 1.53. The maximum atomic E-state index is 13.2. The Morgan fingerprint density at radius 1 is 0.970 bits per heavy atom. The molecule has 0 radical (unpaired) electrons. The number of fused-ring (bicyclic) bond motifs is 1. The lowest BCUT2D eigenvalue weighted by atomic mass is 9.96. The molecule has 0 aliphatic heterocycles. The van der Waals surface area contributed by atoms with E-state index < -0.39 is 18.5 Å². The molecule has 1 N–H and O–H groups in total. The molecule has 2 heterocycles. The van der Waals surface area contributed by atoms with Crippen molar-refractivity contribution < 1.29 is 14.3 Å². The Hall–Kier alpha value is -4.26. The van der Waals surface area contributed by atoms with Gasteiger partial charge >= 0.3 is 5.97 Å². The van der Waals surface area contributed by atoms with Crippen LogP contribution < -0.4 is 10.9 Å². The van der Waals surface area contributed by atoms with Crippen LogP contribution in [0.25, 0.3) is 21.9 Å². The summed E-state index contributed by atoms with van der Waals surface area (Å²) in [5, 5.41) is 3.77. The van der Waals surface area contributed by atoms with E-state index in [-0.39, 0.29) is 11.3 Å². The largest absolute Gasteiger partial charge is 0.451 e. The maximum absolute atomic E-state index is 13.2. The first-order valence-corrected chi connectivity index (χ1v) is 10.4. The minimum Gasteiger partial charge on any atom is -0.451 e. The molecule has 4 rings (SSSR count). The molecular formula is C26H23N3O4. The number of benzene rings is 2. The first-order chi connectivity index (χ1) is 15.9. The number of aryl methyl sites for hydroxylation is 2. The number of nitrogens with one attached hydrogen (secondary N) is 1. The van der Waals surface area contributed by atoms with E-state index in [1.54, 1.807) is 30.5 Å². The molecular weight excluding hydrogens is 418 g/mol. The summed E-state index contributed by atoms with van der Waals surface area (Å²) in [5.41, 5.74) is 2.98. The summed E-state index contributed by atoms with van der Waals surface area (Å²) in [4.78, 5) is 42.6. The van der Waals surface area contributed by atoms with Gasteiger partial charge in [-0.1, -0.05) is 54.1 Å². The van der Waals surface area contributed by atoms with Crippen LogP contribution in [0, 0.1) is 13.8 Å². The van der Waals surface area contributed by atoms with E-state index in [0.29, 0.717) is 22.2 Å². The number of ether oxygens (including phenoxy) is 1. The van der Waals surface area contributed by atoms with Gasteiger partial charge in [-0.3, -0.25) is 9.59 Å². The molecule has 33 heavy (non-hydrogen) atoms. The van der Waals surface area contributed by atoms with Crippen LogP contribution >= 0.6 is 0 Å². The number of anilines is 1. The number of aromatic nitrogens is 2. The van der Waals surface area contributed by atoms with Crippen molar-refractivity contribution in [3.8, 4) is 11.1 Å². The van der Waals surface area contributed by atoms with Crippen LogP contribution in [0.4, 0.5) is 5.82 Å². The highest BCUT2D eigenvalue weighted by atomic mass is 16.5.